The van der Waals surface area contributed by atoms with Gasteiger partial charge in [0, 0.05) is 18.8 Å². The van der Waals surface area contributed by atoms with Crippen molar-refractivity contribution >= 4 is 5.78 Å². The van der Waals surface area contributed by atoms with Crippen LogP contribution in [0.2, 0.25) is 0 Å². The molecule has 2 rings (SSSR count). The van der Waals surface area contributed by atoms with Crippen molar-refractivity contribution < 1.29 is 18.0 Å². The van der Waals surface area contributed by atoms with Crippen LogP contribution in [0.15, 0.2) is 36.7 Å². The molecule has 98 valence electrons. The van der Waals surface area contributed by atoms with Gasteiger partial charge in [-0.25, -0.2) is 13.2 Å². The fourth-order valence-corrected chi connectivity index (χ4v) is 1.68. The normalized spacial score (nSPS) is 10.5. The number of carbonyl (C=O) groups is 1. The van der Waals surface area contributed by atoms with Crippen LogP contribution in [0.25, 0.3) is 0 Å². The molecule has 0 amide bonds. The Bertz CT molecular complexity index is 599. The van der Waals surface area contributed by atoms with E-state index in [9.17, 15) is 18.0 Å². The maximum atomic E-state index is 13.4. The predicted molar refractivity (Wildman–Crippen MR) is 63.2 cm³/mol. The second-order valence-corrected chi connectivity index (χ2v) is 4.00. The number of rotatable bonds is 4. The van der Waals surface area contributed by atoms with E-state index in [0.717, 1.165) is 17.7 Å². The molecule has 0 unspecified atom stereocenters. The summed E-state index contributed by atoms with van der Waals surface area (Å²) in [7, 11) is 0. The lowest BCUT2D eigenvalue weighted by Crippen LogP contribution is -2.07. The Hall–Kier alpha value is -2.17. The summed E-state index contributed by atoms with van der Waals surface area (Å²) < 4.78 is 39.1. The lowest BCUT2D eigenvalue weighted by atomic mass is 10.0. The highest BCUT2D eigenvalue weighted by molar-refractivity contribution is 5.96. The average Bonchev–Trinajstić information content (AvgIpc) is 2.43. The molecule has 0 saturated carbocycles. The number of halogens is 3. The highest BCUT2D eigenvalue weighted by Crippen LogP contribution is 2.17. The smallest absolute Gasteiger partial charge is 0.195 e. The molecular weight excluding hydrogens is 255 g/mol. The zero-order chi connectivity index (χ0) is 13.8. The first kappa shape index (κ1) is 13.3. The standard InChI is InChI=1S/C14H10F3NO/c15-11-3-2-10(13(16)14(11)17)12(19)4-1-9-5-7-18-8-6-9/h2-3,5-8H,1,4H2. The van der Waals surface area contributed by atoms with E-state index in [0.29, 0.717) is 6.42 Å². The van der Waals surface area contributed by atoms with Crippen molar-refractivity contribution in [2.24, 2.45) is 0 Å². The molecule has 2 nitrogen and oxygen atoms in total. The third kappa shape index (κ3) is 2.99. The first-order chi connectivity index (χ1) is 9.09. The van der Waals surface area contributed by atoms with Gasteiger partial charge in [0.1, 0.15) is 0 Å². The van der Waals surface area contributed by atoms with Crippen LogP contribution in [-0.4, -0.2) is 10.8 Å². The van der Waals surface area contributed by atoms with Crippen molar-refractivity contribution in [3.63, 3.8) is 0 Å². The van der Waals surface area contributed by atoms with Crippen molar-refractivity contribution in [1.82, 2.24) is 4.98 Å². The van der Waals surface area contributed by atoms with Gasteiger partial charge >= 0.3 is 0 Å². The van der Waals surface area contributed by atoms with Crippen molar-refractivity contribution in [1.29, 1.82) is 0 Å². The van der Waals surface area contributed by atoms with Gasteiger partial charge in [-0.05, 0) is 36.2 Å². The summed E-state index contributed by atoms with van der Waals surface area (Å²) in [5, 5.41) is 0. The van der Waals surface area contributed by atoms with Gasteiger partial charge in [0.05, 0.1) is 5.56 Å². The minimum Gasteiger partial charge on any atom is -0.294 e. The number of aromatic nitrogens is 1. The molecule has 0 radical (unpaired) electrons. The summed E-state index contributed by atoms with van der Waals surface area (Å²) >= 11 is 0. The first-order valence-electron chi connectivity index (χ1n) is 5.65. The largest absolute Gasteiger partial charge is 0.294 e. The Labute approximate surface area is 107 Å². The van der Waals surface area contributed by atoms with E-state index in [-0.39, 0.29) is 6.42 Å². The molecule has 0 spiro atoms. The Kier molecular flexibility index (Phi) is 3.94. The predicted octanol–water partition coefficient (Wildman–Crippen LogP) is 3.31. The number of ketones is 1. The number of pyridine rings is 1. The Balaban J connectivity index is 2.11. The van der Waals surface area contributed by atoms with Crippen LogP contribution in [0.3, 0.4) is 0 Å². The van der Waals surface area contributed by atoms with Gasteiger partial charge in [0.25, 0.3) is 0 Å². The van der Waals surface area contributed by atoms with E-state index in [1.54, 1.807) is 24.5 Å². The average molecular weight is 265 g/mol. The molecule has 1 heterocycles. The summed E-state index contributed by atoms with van der Waals surface area (Å²) in [6.45, 7) is 0. The zero-order valence-electron chi connectivity index (χ0n) is 9.87. The molecule has 0 aliphatic heterocycles. The van der Waals surface area contributed by atoms with Crippen LogP contribution >= 0.6 is 0 Å². The number of hydrogen-bond donors (Lipinski definition) is 0. The first-order valence-corrected chi connectivity index (χ1v) is 5.65. The van der Waals surface area contributed by atoms with Crippen molar-refractivity contribution in [2.45, 2.75) is 12.8 Å². The lowest BCUT2D eigenvalue weighted by molar-refractivity contribution is 0.0977. The molecule has 0 fully saturated rings. The number of Topliss-reactive ketones (excluding diaryl/α,β-unsaturated/α-hetero) is 1. The van der Waals surface area contributed by atoms with Gasteiger partial charge in [-0.3, -0.25) is 9.78 Å². The van der Waals surface area contributed by atoms with Crippen LogP contribution in [0.1, 0.15) is 22.3 Å². The van der Waals surface area contributed by atoms with Crippen molar-refractivity contribution in [2.75, 3.05) is 0 Å². The van der Waals surface area contributed by atoms with E-state index < -0.39 is 28.8 Å². The van der Waals surface area contributed by atoms with E-state index in [1.165, 1.54) is 0 Å². The van der Waals surface area contributed by atoms with Gasteiger partial charge in [0.15, 0.2) is 23.2 Å². The van der Waals surface area contributed by atoms with Crippen molar-refractivity contribution in [3.8, 4) is 0 Å². The fraction of sp³-hybridized carbons (Fsp3) is 0.143. The highest BCUT2D eigenvalue weighted by atomic mass is 19.2. The summed E-state index contributed by atoms with van der Waals surface area (Å²) in [5.41, 5.74) is 0.444. The minimum atomic E-state index is -1.62. The maximum absolute atomic E-state index is 13.4. The molecule has 0 aliphatic carbocycles. The number of hydrogen-bond acceptors (Lipinski definition) is 2. The van der Waals surface area contributed by atoms with Crippen LogP contribution < -0.4 is 0 Å². The Morgan fingerprint density at radius 2 is 1.68 bits per heavy atom. The third-order valence-electron chi connectivity index (χ3n) is 2.73. The van der Waals surface area contributed by atoms with Gasteiger partial charge in [-0.15, -0.1) is 0 Å². The molecular formula is C14H10F3NO. The number of benzene rings is 1. The van der Waals surface area contributed by atoms with Gasteiger partial charge in [-0.1, -0.05) is 0 Å². The Morgan fingerprint density at radius 1 is 1.00 bits per heavy atom. The van der Waals surface area contributed by atoms with Crippen LogP contribution in [0.5, 0.6) is 0 Å². The summed E-state index contributed by atoms with van der Waals surface area (Å²) in [6, 6.07) is 5.17. The monoisotopic (exact) mass is 265 g/mol. The molecule has 2 aromatic rings. The Morgan fingerprint density at radius 3 is 2.37 bits per heavy atom. The van der Waals surface area contributed by atoms with Gasteiger partial charge in [0.2, 0.25) is 0 Å². The van der Waals surface area contributed by atoms with E-state index in [1.807, 2.05) is 0 Å². The van der Waals surface area contributed by atoms with Crippen LogP contribution in [-0.2, 0) is 6.42 Å². The lowest BCUT2D eigenvalue weighted by Gasteiger charge is -2.04. The summed E-state index contributed by atoms with van der Waals surface area (Å²) in [5.74, 6) is -4.91. The van der Waals surface area contributed by atoms with E-state index in [2.05, 4.69) is 4.98 Å². The summed E-state index contributed by atoms with van der Waals surface area (Å²) in [4.78, 5) is 15.6. The molecule has 0 saturated heterocycles. The fourth-order valence-electron chi connectivity index (χ4n) is 1.68. The zero-order valence-corrected chi connectivity index (χ0v) is 9.87. The molecule has 0 aliphatic rings. The van der Waals surface area contributed by atoms with Crippen molar-refractivity contribution in [3.05, 3.63) is 65.2 Å². The summed E-state index contributed by atoms with van der Waals surface area (Å²) in [6.07, 6.45) is 3.57. The van der Waals surface area contributed by atoms with Crippen LogP contribution in [0, 0.1) is 17.5 Å². The maximum Gasteiger partial charge on any atom is 0.195 e. The molecule has 0 atom stereocenters. The molecule has 19 heavy (non-hydrogen) atoms. The minimum absolute atomic E-state index is 0.0198. The quantitative estimate of drug-likeness (QED) is 0.627. The van der Waals surface area contributed by atoms with Gasteiger partial charge < -0.3 is 0 Å². The molecule has 1 aromatic carbocycles. The number of nitrogens with zero attached hydrogens (tertiary/aromatic N) is 1. The molecule has 0 N–H and O–H groups in total. The third-order valence-corrected chi connectivity index (χ3v) is 2.73. The second-order valence-electron chi connectivity index (χ2n) is 4.00. The van der Waals surface area contributed by atoms with E-state index in [4.69, 9.17) is 0 Å². The van der Waals surface area contributed by atoms with Gasteiger partial charge in [-0.2, -0.15) is 0 Å². The second kappa shape index (κ2) is 5.65. The molecule has 5 heteroatoms. The SMILES string of the molecule is O=C(CCc1ccncc1)c1ccc(F)c(F)c1F. The molecule has 1 aromatic heterocycles. The molecule has 0 bridgehead atoms. The van der Waals surface area contributed by atoms with Crippen LogP contribution in [0.4, 0.5) is 13.2 Å². The number of carbonyl (C=O) groups excluding carboxylic acids is 1. The highest BCUT2D eigenvalue weighted by Gasteiger charge is 2.18. The number of aryl methyl sites for hydroxylation is 1. The van der Waals surface area contributed by atoms with E-state index >= 15 is 0 Å². The topological polar surface area (TPSA) is 30.0 Å².